The highest BCUT2D eigenvalue weighted by atomic mass is 33.1. The summed E-state index contributed by atoms with van der Waals surface area (Å²) in [5, 5.41) is 0.951. The van der Waals surface area contributed by atoms with Crippen molar-refractivity contribution >= 4 is 21.6 Å². The van der Waals surface area contributed by atoms with Gasteiger partial charge in [0.15, 0.2) is 0 Å². The third kappa shape index (κ3) is 6.17. The van der Waals surface area contributed by atoms with Gasteiger partial charge in [-0.15, -0.1) is 0 Å². The van der Waals surface area contributed by atoms with E-state index in [1.54, 1.807) is 0 Å². The van der Waals surface area contributed by atoms with Gasteiger partial charge in [-0.25, -0.2) is 0 Å². The zero-order valence-electron chi connectivity index (χ0n) is 20.6. The summed E-state index contributed by atoms with van der Waals surface area (Å²) in [6, 6.07) is 35.8. The van der Waals surface area contributed by atoms with Crippen molar-refractivity contribution in [2.45, 2.75) is 51.0 Å². The quantitative estimate of drug-likeness (QED) is 0.218. The number of aryl methyl sites for hydroxylation is 2. The largest absolute Gasteiger partial charge is 0.0853 e. The molecule has 0 unspecified atom stereocenters. The molecule has 0 aliphatic rings. The van der Waals surface area contributed by atoms with Gasteiger partial charge in [0.25, 0.3) is 0 Å². The Morgan fingerprint density at radius 3 is 1.21 bits per heavy atom. The first-order valence-corrected chi connectivity index (χ1v) is 14.5. The predicted octanol–water partition coefficient (Wildman–Crippen LogP) is 10.6. The van der Waals surface area contributed by atoms with E-state index >= 15 is 0 Å². The highest BCUT2D eigenvalue weighted by molar-refractivity contribution is 8.76. The van der Waals surface area contributed by atoms with Crippen LogP contribution in [0.3, 0.4) is 0 Å². The molecule has 0 amide bonds. The lowest BCUT2D eigenvalue weighted by Crippen LogP contribution is -1.95. The summed E-state index contributed by atoms with van der Waals surface area (Å²) in [4.78, 5) is 0. The second-order valence-corrected chi connectivity index (χ2v) is 11.7. The van der Waals surface area contributed by atoms with Crippen LogP contribution in [0.15, 0.2) is 97.1 Å². The van der Waals surface area contributed by atoms with E-state index in [4.69, 9.17) is 0 Å². The maximum absolute atomic E-state index is 2.38. The van der Waals surface area contributed by atoms with Crippen molar-refractivity contribution in [2.75, 3.05) is 0 Å². The monoisotopic (exact) mass is 482 g/mol. The lowest BCUT2D eigenvalue weighted by atomic mass is 10.00. The second kappa shape index (κ2) is 11.8. The zero-order chi connectivity index (χ0) is 23.9. The van der Waals surface area contributed by atoms with Crippen LogP contribution in [-0.4, -0.2) is 0 Å². The minimum absolute atomic E-state index is 0.476. The Balaban J connectivity index is 1.50. The fourth-order valence-electron chi connectivity index (χ4n) is 4.34. The average molecular weight is 483 g/mol. The first kappa shape index (κ1) is 24.7. The summed E-state index contributed by atoms with van der Waals surface area (Å²) in [5.41, 5.74) is 10.7. The fourth-order valence-corrected chi connectivity index (χ4v) is 7.68. The molecule has 4 aromatic rings. The van der Waals surface area contributed by atoms with Gasteiger partial charge in [-0.2, -0.15) is 0 Å². The van der Waals surface area contributed by atoms with Gasteiger partial charge in [0, 0.05) is 10.5 Å². The summed E-state index contributed by atoms with van der Waals surface area (Å²) >= 11 is 0. The van der Waals surface area contributed by atoms with Crippen molar-refractivity contribution in [3.8, 4) is 22.3 Å². The number of rotatable bonds is 9. The third-order valence-corrected chi connectivity index (χ3v) is 9.76. The molecule has 2 heteroatoms. The van der Waals surface area contributed by atoms with E-state index in [9.17, 15) is 0 Å². The van der Waals surface area contributed by atoms with Gasteiger partial charge in [0.1, 0.15) is 0 Å². The summed E-state index contributed by atoms with van der Waals surface area (Å²) in [6.45, 7) is 8.93. The highest BCUT2D eigenvalue weighted by Gasteiger charge is 2.17. The lowest BCUT2D eigenvalue weighted by molar-refractivity contribution is 0.893. The summed E-state index contributed by atoms with van der Waals surface area (Å²) in [5.74, 6) is 0. The first-order chi connectivity index (χ1) is 16.6. The van der Waals surface area contributed by atoms with Crippen molar-refractivity contribution in [3.05, 3.63) is 119 Å². The standard InChI is InChI=1S/C32H34S2/c1-5-31(29-17-9-15-27(21-29)25-13-7-11-23(3)19-25)33-34-32(6-2)30-18-10-16-28(22-30)26-14-8-12-24(4)20-26/h7-22,31-32H,5-6H2,1-4H3/t31-,32-/m1/s1. The van der Waals surface area contributed by atoms with Crippen molar-refractivity contribution < 1.29 is 0 Å². The van der Waals surface area contributed by atoms with Gasteiger partial charge < -0.3 is 0 Å². The van der Waals surface area contributed by atoms with Gasteiger partial charge in [0.2, 0.25) is 0 Å². The molecule has 2 atom stereocenters. The van der Waals surface area contributed by atoms with E-state index < -0.39 is 0 Å². The highest BCUT2D eigenvalue weighted by Crippen LogP contribution is 2.49. The maximum atomic E-state index is 2.38. The molecule has 0 aliphatic carbocycles. The Morgan fingerprint density at radius 2 is 0.853 bits per heavy atom. The molecular weight excluding hydrogens is 448 g/mol. The van der Waals surface area contributed by atoms with Crippen LogP contribution in [0.4, 0.5) is 0 Å². The molecule has 0 saturated heterocycles. The van der Waals surface area contributed by atoms with Crippen molar-refractivity contribution in [1.82, 2.24) is 0 Å². The van der Waals surface area contributed by atoms with Crippen LogP contribution >= 0.6 is 21.6 Å². The minimum Gasteiger partial charge on any atom is -0.0853 e. The van der Waals surface area contributed by atoms with Crippen LogP contribution in [0, 0.1) is 13.8 Å². The molecule has 0 heterocycles. The van der Waals surface area contributed by atoms with E-state index in [1.165, 1.54) is 44.5 Å². The second-order valence-electron chi connectivity index (χ2n) is 8.98. The molecule has 4 rings (SSSR count). The molecule has 34 heavy (non-hydrogen) atoms. The van der Waals surface area contributed by atoms with Gasteiger partial charge in [-0.3, -0.25) is 0 Å². The molecule has 4 aromatic carbocycles. The van der Waals surface area contributed by atoms with Crippen LogP contribution in [0.5, 0.6) is 0 Å². The van der Waals surface area contributed by atoms with Gasteiger partial charge in [-0.05, 0) is 60.1 Å². The van der Waals surface area contributed by atoms with Crippen LogP contribution in [0.25, 0.3) is 22.3 Å². The van der Waals surface area contributed by atoms with Crippen molar-refractivity contribution in [2.24, 2.45) is 0 Å². The van der Waals surface area contributed by atoms with E-state index in [-0.39, 0.29) is 0 Å². The van der Waals surface area contributed by atoms with Crippen molar-refractivity contribution in [1.29, 1.82) is 0 Å². The SMILES string of the molecule is CC[C@@H](SS[C@H](CC)c1cccc(-c2cccc(C)c2)c1)c1cccc(-c2cccc(C)c2)c1. The zero-order valence-corrected chi connectivity index (χ0v) is 22.3. The average Bonchev–Trinajstić information content (AvgIpc) is 2.87. The molecule has 0 spiro atoms. The van der Waals surface area contributed by atoms with Gasteiger partial charge in [0.05, 0.1) is 0 Å². The molecule has 0 aliphatic heterocycles. The molecular formula is C32H34S2. The number of hydrogen-bond acceptors (Lipinski definition) is 2. The van der Waals surface area contributed by atoms with Gasteiger partial charge in [-0.1, -0.05) is 144 Å². The fraction of sp³-hybridized carbons (Fsp3) is 0.250. The molecule has 0 saturated carbocycles. The first-order valence-electron chi connectivity index (χ1n) is 12.2. The number of hydrogen-bond donors (Lipinski definition) is 0. The van der Waals surface area contributed by atoms with Crippen LogP contribution < -0.4 is 0 Å². The Hall–Kier alpha value is -2.42. The summed E-state index contributed by atoms with van der Waals surface area (Å²) < 4.78 is 0. The normalized spacial score (nSPS) is 12.9. The van der Waals surface area contributed by atoms with Crippen LogP contribution in [0.2, 0.25) is 0 Å². The molecule has 0 nitrogen and oxygen atoms in total. The Kier molecular flexibility index (Phi) is 8.59. The predicted molar refractivity (Wildman–Crippen MR) is 154 cm³/mol. The van der Waals surface area contributed by atoms with E-state index in [2.05, 4.69) is 125 Å². The minimum atomic E-state index is 0.476. The third-order valence-electron chi connectivity index (χ3n) is 6.25. The van der Waals surface area contributed by atoms with Gasteiger partial charge >= 0.3 is 0 Å². The Labute approximate surface area is 213 Å². The molecule has 174 valence electrons. The lowest BCUT2D eigenvalue weighted by Gasteiger charge is -2.20. The molecule has 0 aromatic heterocycles. The smallest absolute Gasteiger partial charge is 0.0398 e. The maximum Gasteiger partial charge on any atom is 0.0398 e. The molecule has 0 bridgehead atoms. The van der Waals surface area contributed by atoms with Crippen molar-refractivity contribution in [3.63, 3.8) is 0 Å². The topological polar surface area (TPSA) is 0 Å². The van der Waals surface area contributed by atoms with E-state index in [0.717, 1.165) is 12.8 Å². The molecule has 0 N–H and O–H groups in total. The van der Waals surface area contributed by atoms with Crippen LogP contribution in [-0.2, 0) is 0 Å². The molecule has 0 radical (unpaired) electrons. The molecule has 0 fully saturated rings. The number of benzene rings is 4. The van der Waals surface area contributed by atoms with Crippen LogP contribution in [0.1, 0.15) is 59.4 Å². The summed E-state index contributed by atoms with van der Waals surface area (Å²) in [7, 11) is 4.06. The Bertz CT molecular complexity index is 1130. The van der Waals surface area contributed by atoms with E-state index in [0.29, 0.717) is 10.5 Å². The summed E-state index contributed by atoms with van der Waals surface area (Å²) in [6.07, 6.45) is 2.24. The van der Waals surface area contributed by atoms with E-state index in [1.807, 2.05) is 21.6 Å². The Morgan fingerprint density at radius 1 is 0.500 bits per heavy atom.